The summed E-state index contributed by atoms with van der Waals surface area (Å²) < 4.78 is 43.9. The van der Waals surface area contributed by atoms with Gasteiger partial charge in [0.25, 0.3) is 5.91 Å². The number of nitrogens with one attached hydrogen (secondary N) is 1. The third-order valence-corrected chi connectivity index (χ3v) is 5.62. The van der Waals surface area contributed by atoms with Crippen molar-refractivity contribution in [2.75, 3.05) is 12.0 Å². The Hall–Kier alpha value is -3.14. The number of halogens is 3. The van der Waals surface area contributed by atoms with Crippen molar-refractivity contribution < 1.29 is 22.7 Å². The summed E-state index contributed by atoms with van der Waals surface area (Å²) in [5, 5.41) is 4.70. The highest BCUT2D eigenvalue weighted by molar-refractivity contribution is 8.13. The highest BCUT2D eigenvalue weighted by atomic mass is 32.2. The van der Waals surface area contributed by atoms with Gasteiger partial charge in [-0.05, 0) is 23.8 Å². The Bertz CT molecular complexity index is 1030. The van der Waals surface area contributed by atoms with Crippen LogP contribution in [-0.2, 0) is 16.7 Å². The molecule has 0 saturated heterocycles. The molecule has 0 aliphatic carbocycles. The molecule has 2 aromatic carbocycles. The summed E-state index contributed by atoms with van der Waals surface area (Å²) in [6.07, 6.45) is -1.76. The molecule has 1 atom stereocenters. The molecule has 0 radical (unpaired) electrons. The smallest absolute Gasteiger partial charge is 0.416 e. The van der Waals surface area contributed by atoms with E-state index >= 15 is 0 Å². The zero-order chi connectivity index (χ0) is 21.3. The van der Waals surface area contributed by atoms with Gasteiger partial charge in [-0.25, -0.2) is 0 Å². The van der Waals surface area contributed by atoms with E-state index in [0.717, 1.165) is 12.1 Å². The Kier molecular flexibility index (Phi) is 5.33. The number of hydrogen-bond acceptors (Lipinski definition) is 6. The van der Waals surface area contributed by atoms with Gasteiger partial charge < -0.3 is 4.74 Å². The molecule has 156 valence electrons. The van der Waals surface area contributed by atoms with E-state index in [-0.39, 0.29) is 11.7 Å². The molecule has 1 unspecified atom stereocenters. The first-order valence-electron chi connectivity index (χ1n) is 8.93. The lowest BCUT2D eigenvalue weighted by molar-refractivity contribution is -0.137. The molecule has 2 aromatic rings. The number of thioether (sulfide) groups is 1. The number of carbonyl (C=O) groups excluding carboxylic acids is 1. The first-order valence-corrected chi connectivity index (χ1v) is 9.91. The zero-order valence-electron chi connectivity index (χ0n) is 15.8. The normalized spacial score (nSPS) is 18.2. The molecule has 2 heterocycles. The van der Waals surface area contributed by atoms with Gasteiger partial charge in [0, 0.05) is 24.2 Å². The summed E-state index contributed by atoms with van der Waals surface area (Å²) in [4.78, 5) is 16.1. The standard InChI is InChI=1S/C20H17F3N4O2S/c1-29-16-7-3-6-15(11-16)26-8-9-27-17(18(26)28)24-25-19(27)30-12-13-4-2-5-14(10-13)20(21,22)23/h2-11,17,24H,12H2,1H3. The minimum absolute atomic E-state index is 0.232. The van der Waals surface area contributed by atoms with E-state index in [9.17, 15) is 18.0 Å². The summed E-state index contributed by atoms with van der Waals surface area (Å²) >= 11 is 1.25. The number of carbonyl (C=O) groups is 1. The number of alkyl halides is 3. The molecule has 2 aliphatic heterocycles. The van der Waals surface area contributed by atoms with Gasteiger partial charge >= 0.3 is 6.18 Å². The fraction of sp³-hybridized carbons (Fsp3) is 0.200. The maximum Gasteiger partial charge on any atom is 0.416 e. The van der Waals surface area contributed by atoms with Crippen molar-refractivity contribution in [3.8, 4) is 5.75 Å². The predicted molar refractivity (Wildman–Crippen MR) is 109 cm³/mol. The number of nitrogens with zero attached hydrogens (tertiary/aromatic N) is 3. The van der Waals surface area contributed by atoms with Crippen LogP contribution in [0.4, 0.5) is 18.9 Å². The Morgan fingerprint density at radius 2 is 1.97 bits per heavy atom. The second kappa shape index (κ2) is 7.94. The van der Waals surface area contributed by atoms with Gasteiger partial charge in [-0.15, -0.1) is 0 Å². The minimum Gasteiger partial charge on any atom is -0.497 e. The van der Waals surface area contributed by atoms with E-state index in [4.69, 9.17) is 4.74 Å². The number of rotatable bonds is 4. The van der Waals surface area contributed by atoms with Gasteiger partial charge in [-0.3, -0.25) is 20.0 Å². The zero-order valence-corrected chi connectivity index (χ0v) is 16.6. The summed E-state index contributed by atoms with van der Waals surface area (Å²) in [5.41, 5.74) is 3.28. The quantitative estimate of drug-likeness (QED) is 0.789. The average Bonchev–Trinajstić information content (AvgIpc) is 3.16. The van der Waals surface area contributed by atoms with Gasteiger partial charge in [0.05, 0.1) is 18.4 Å². The molecule has 10 heteroatoms. The number of fused-ring (bicyclic) bond motifs is 1. The Morgan fingerprint density at radius 1 is 1.17 bits per heavy atom. The Labute approximate surface area is 175 Å². The first-order chi connectivity index (χ1) is 14.4. The van der Waals surface area contributed by atoms with Gasteiger partial charge in [-0.1, -0.05) is 36.0 Å². The predicted octanol–water partition coefficient (Wildman–Crippen LogP) is 3.97. The summed E-state index contributed by atoms with van der Waals surface area (Å²) in [6.45, 7) is 0. The van der Waals surface area contributed by atoms with E-state index in [2.05, 4.69) is 10.5 Å². The fourth-order valence-corrected chi connectivity index (χ4v) is 3.99. The van der Waals surface area contributed by atoms with Gasteiger partial charge in [-0.2, -0.15) is 18.3 Å². The number of hydrogen-bond donors (Lipinski definition) is 1. The third-order valence-electron chi connectivity index (χ3n) is 4.58. The van der Waals surface area contributed by atoms with E-state index in [0.29, 0.717) is 22.2 Å². The number of anilines is 1. The lowest BCUT2D eigenvalue weighted by Crippen LogP contribution is -2.52. The Morgan fingerprint density at radius 3 is 2.73 bits per heavy atom. The fourth-order valence-electron chi connectivity index (χ4n) is 3.08. The molecule has 0 bridgehead atoms. The van der Waals surface area contributed by atoms with Crippen LogP contribution in [0.15, 0.2) is 66.0 Å². The summed E-state index contributed by atoms with van der Waals surface area (Å²) in [5.74, 6) is 0.684. The topological polar surface area (TPSA) is 57.2 Å². The molecular formula is C20H17F3N4O2S. The van der Waals surface area contributed by atoms with Crippen molar-refractivity contribution in [3.63, 3.8) is 0 Å². The van der Waals surface area contributed by atoms with Crippen molar-refractivity contribution in [2.24, 2.45) is 5.10 Å². The van der Waals surface area contributed by atoms with Crippen LogP contribution in [0, 0.1) is 0 Å². The maximum atomic E-state index is 12.9. The number of hydrazone groups is 1. The lowest BCUT2D eigenvalue weighted by Gasteiger charge is -2.32. The maximum absolute atomic E-state index is 12.9. The minimum atomic E-state index is -4.39. The molecule has 1 N–H and O–H groups in total. The molecule has 4 rings (SSSR count). The molecule has 0 aromatic heterocycles. The van der Waals surface area contributed by atoms with Gasteiger partial charge in [0.15, 0.2) is 5.17 Å². The van der Waals surface area contributed by atoms with Crippen LogP contribution in [0.1, 0.15) is 11.1 Å². The Balaban J connectivity index is 1.46. The molecule has 1 amide bonds. The molecule has 6 nitrogen and oxygen atoms in total. The van der Waals surface area contributed by atoms with Crippen LogP contribution in [-0.4, -0.2) is 29.3 Å². The molecule has 0 fully saturated rings. The van der Waals surface area contributed by atoms with Crippen molar-refractivity contribution >= 4 is 28.5 Å². The number of benzene rings is 2. The second-order valence-electron chi connectivity index (χ2n) is 6.53. The number of ether oxygens (including phenoxy) is 1. The van der Waals surface area contributed by atoms with Crippen LogP contribution in [0.25, 0.3) is 0 Å². The van der Waals surface area contributed by atoms with Gasteiger partial charge in [0.1, 0.15) is 5.75 Å². The monoisotopic (exact) mass is 434 g/mol. The highest BCUT2D eigenvalue weighted by Gasteiger charge is 2.38. The van der Waals surface area contributed by atoms with E-state index in [1.807, 2.05) is 0 Å². The van der Waals surface area contributed by atoms with E-state index in [1.54, 1.807) is 54.7 Å². The first kappa shape index (κ1) is 20.1. The van der Waals surface area contributed by atoms with Crippen LogP contribution in [0.3, 0.4) is 0 Å². The summed E-state index contributed by atoms with van der Waals surface area (Å²) in [7, 11) is 1.55. The van der Waals surface area contributed by atoms with E-state index < -0.39 is 17.9 Å². The number of amides is 1. The van der Waals surface area contributed by atoms with Crippen molar-refractivity contribution in [1.82, 2.24) is 10.3 Å². The van der Waals surface area contributed by atoms with Gasteiger partial charge in [0.2, 0.25) is 6.17 Å². The average molecular weight is 434 g/mol. The number of amidine groups is 1. The molecule has 0 spiro atoms. The largest absolute Gasteiger partial charge is 0.497 e. The SMILES string of the molecule is COc1cccc(N2C=CN3C(SCc4cccc(C(F)(F)F)c4)=NNC3C2=O)c1. The van der Waals surface area contributed by atoms with Crippen LogP contribution < -0.4 is 15.1 Å². The van der Waals surface area contributed by atoms with Crippen molar-refractivity contribution in [2.45, 2.75) is 18.1 Å². The van der Waals surface area contributed by atoms with Crippen molar-refractivity contribution in [3.05, 3.63) is 72.1 Å². The van der Waals surface area contributed by atoms with Crippen LogP contribution in [0.5, 0.6) is 5.75 Å². The van der Waals surface area contributed by atoms with E-state index in [1.165, 1.54) is 22.7 Å². The second-order valence-corrected chi connectivity index (χ2v) is 7.47. The summed E-state index contributed by atoms with van der Waals surface area (Å²) in [6, 6.07) is 12.3. The lowest BCUT2D eigenvalue weighted by atomic mass is 10.1. The van der Waals surface area contributed by atoms with Crippen LogP contribution in [0.2, 0.25) is 0 Å². The molecular weight excluding hydrogens is 417 g/mol. The number of methoxy groups -OCH3 is 1. The molecule has 0 saturated carbocycles. The van der Waals surface area contributed by atoms with Crippen molar-refractivity contribution in [1.29, 1.82) is 0 Å². The third kappa shape index (κ3) is 3.95. The highest BCUT2D eigenvalue weighted by Crippen LogP contribution is 2.32. The van der Waals surface area contributed by atoms with Crippen LogP contribution >= 0.6 is 11.8 Å². The molecule has 2 aliphatic rings. The molecule has 30 heavy (non-hydrogen) atoms.